The van der Waals surface area contributed by atoms with Gasteiger partial charge in [-0.15, -0.1) is 0 Å². The number of carbonyl (C=O) groups excluding carboxylic acids is 1. The van der Waals surface area contributed by atoms with E-state index in [0.717, 1.165) is 0 Å². The highest BCUT2D eigenvalue weighted by molar-refractivity contribution is 6.42. The van der Waals surface area contributed by atoms with Crippen molar-refractivity contribution in [3.63, 3.8) is 0 Å². The summed E-state index contributed by atoms with van der Waals surface area (Å²) in [6, 6.07) is 4.57. The van der Waals surface area contributed by atoms with Crippen molar-refractivity contribution in [3.05, 3.63) is 28.2 Å². The Labute approximate surface area is 138 Å². The van der Waals surface area contributed by atoms with Crippen LogP contribution in [-0.4, -0.2) is 48.2 Å². The lowest BCUT2D eigenvalue weighted by atomic mass is 10.3. The molecular weight excluding hydrogens is 331 g/mol. The van der Waals surface area contributed by atoms with E-state index >= 15 is 0 Å². The molecule has 0 radical (unpaired) electrons. The van der Waals surface area contributed by atoms with Gasteiger partial charge in [0.05, 0.1) is 23.0 Å². The van der Waals surface area contributed by atoms with Crippen molar-refractivity contribution in [2.75, 3.05) is 20.1 Å². The van der Waals surface area contributed by atoms with E-state index in [1.165, 1.54) is 4.90 Å². The molecule has 1 atom stereocenters. The molecule has 0 saturated carbocycles. The first kappa shape index (κ1) is 18.4. The van der Waals surface area contributed by atoms with Crippen molar-refractivity contribution in [1.29, 1.82) is 0 Å². The fourth-order valence-electron chi connectivity index (χ4n) is 1.70. The van der Waals surface area contributed by atoms with Gasteiger partial charge in [0.1, 0.15) is 11.9 Å². The highest BCUT2D eigenvalue weighted by Crippen LogP contribution is 2.26. The Bertz CT molecular complexity index is 540. The average molecular weight is 349 g/mol. The number of carboxylic acid groups (broad SMARTS) is 1. The van der Waals surface area contributed by atoms with Crippen molar-refractivity contribution < 1.29 is 19.4 Å². The van der Waals surface area contributed by atoms with Gasteiger partial charge in [0.15, 0.2) is 0 Å². The molecule has 2 N–H and O–H groups in total. The summed E-state index contributed by atoms with van der Waals surface area (Å²) in [7, 11) is 1.60. The van der Waals surface area contributed by atoms with Gasteiger partial charge in [-0.3, -0.25) is 4.79 Å². The van der Waals surface area contributed by atoms with E-state index in [-0.39, 0.29) is 25.1 Å². The minimum Gasteiger partial charge on any atom is -0.489 e. The molecule has 1 unspecified atom stereocenters. The van der Waals surface area contributed by atoms with E-state index in [1.54, 1.807) is 25.2 Å². The summed E-state index contributed by atoms with van der Waals surface area (Å²) in [4.78, 5) is 23.5. The van der Waals surface area contributed by atoms with Crippen LogP contribution < -0.4 is 10.1 Å². The normalized spacial score (nSPS) is 11.6. The zero-order valence-corrected chi connectivity index (χ0v) is 13.8. The Balaban J connectivity index is 2.42. The number of likely N-dealkylation sites (N-methyl/N-ethyl adjacent to an activating group) is 1. The fraction of sp³-hybridized carbons (Fsp3) is 0.429. The molecule has 1 rings (SSSR count). The Hall–Kier alpha value is -1.66. The number of carbonyl (C=O) groups is 2. The van der Waals surface area contributed by atoms with Crippen molar-refractivity contribution in [1.82, 2.24) is 10.2 Å². The topological polar surface area (TPSA) is 78.9 Å². The monoisotopic (exact) mass is 348 g/mol. The van der Waals surface area contributed by atoms with Crippen LogP contribution in [0.15, 0.2) is 18.2 Å². The Morgan fingerprint density at radius 2 is 2.05 bits per heavy atom. The number of nitrogens with one attached hydrogen (secondary N) is 1. The smallest absolute Gasteiger partial charge is 0.317 e. The summed E-state index contributed by atoms with van der Waals surface area (Å²) in [5.41, 5.74) is 0. The highest BCUT2D eigenvalue weighted by atomic mass is 35.5. The van der Waals surface area contributed by atoms with Crippen LogP contribution in [0.5, 0.6) is 5.75 Å². The number of urea groups is 1. The molecule has 2 amide bonds. The maximum Gasteiger partial charge on any atom is 0.317 e. The van der Waals surface area contributed by atoms with Crippen molar-refractivity contribution >= 4 is 35.2 Å². The van der Waals surface area contributed by atoms with Crippen LogP contribution in [-0.2, 0) is 4.79 Å². The van der Waals surface area contributed by atoms with Crippen LogP contribution in [0.3, 0.4) is 0 Å². The summed E-state index contributed by atoms with van der Waals surface area (Å²) in [5, 5.41) is 11.9. The maximum atomic E-state index is 11.7. The SMILES string of the molecule is CC(CN(C)C(=O)NCCC(=O)O)Oc1ccc(Cl)c(Cl)c1. The lowest BCUT2D eigenvalue weighted by Crippen LogP contribution is -2.42. The van der Waals surface area contributed by atoms with Crippen molar-refractivity contribution in [3.8, 4) is 5.75 Å². The van der Waals surface area contributed by atoms with E-state index in [9.17, 15) is 9.59 Å². The number of amides is 2. The molecule has 0 saturated heterocycles. The molecule has 8 heteroatoms. The molecule has 122 valence electrons. The number of hydrogen-bond donors (Lipinski definition) is 2. The summed E-state index contributed by atoms with van der Waals surface area (Å²) in [6.45, 7) is 2.23. The second-order valence-corrected chi connectivity index (χ2v) is 5.57. The van der Waals surface area contributed by atoms with Crippen LogP contribution >= 0.6 is 23.2 Å². The first-order valence-electron chi connectivity index (χ1n) is 6.62. The number of benzene rings is 1. The number of rotatable bonds is 7. The molecule has 0 aliphatic rings. The third-order valence-electron chi connectivity index (χ3n) is 2.72. The molecule has 22 heavy (non-hydrogen) atoms. The first-order chi connectivity index (χ1) is 10.3. The van der Waals surface area contributed by atoms with Gasteiger partial charge in [-0.1, -0.05) is 23.2 Å². The van der Waals surface area contributed by atoms with Gasteiger partial charge in [0.25, 0.3) is 0 Å². The van der Waals surface area contributed by atoms with Crippen LogP contribution in [0, 0.1) is 0 Å². The number of aliphatic carboxylic acids is 1. The van der Waals surface area contributed by atoms with Crippen molar-refractivity contribution in [2.45, 2.75) is 19.4 Å². The number of halogens is 2. The molecule has 1 aromatic rings. The van der Waals surface area contributed by atoms with Crippen LogP contribution in [0.25, 0.3) is 0 Å². The summed E-state index contributed by atoms with van der Waals surface area (Å²) < 4.78 is 5.65. The van der Waals surface area contributed by atoms with Crippen molar-refractivity contribution in [2.24, 2.45) is 0 Å². The number of nitrogens with zero attached hydrogens (tertiary/aromatic N) is 1. The molecule has 1 aromatic carbocycles. The lowest BCUT2D eigenvalue weighted by molar-refractivity contribution is -0.136. The van der Waals surface area contributed by atoms with Gasteiger partial charge >= 0.3 is 12.0 Å². The molecule has 6 nitrogen and oxygen atoms in total. The summed E-state index contributed by atoms with van der Waals surface area (Å²) >= 11 is 11.7. The summed E-state index contributed by atoms with van der Waals surface area (Å²) in [6.07, 6.45) is -0.387. The second kappa shape index (κ2) is 8.70. The van der Waals surface area contributed by atoms with E-state index in [2.05, 4.69) is 5.32 Å². The second-order valence-electron chi connectivity index (χ2n) is 4.76. The van der Waals surface area contributed by atoms with E-state index < -0.39 is 5.97 Å². The first-order valence-corrected chi connectivity index (χ1v) is 7.37. The van der Waals surface area contributed by atoms with Crippen LogP contribution in [0.4, 0.5) is 4.79 Å². The lowest BCUT2D eigenvalue weighted by Gasteiger charge is -2.23. The maximum absolute atomic E-state index is 11.7. The zero-order valence-electron chi connectivity index (χ0n) is 12.3. The van der Waals surface area contributed by atoms with Gasteiger partial charge in [0, 0.05) is 19.7 Å². The van der Waals surface area contributed by atoms with E-state index in [1.807, 2.05) is 6.92 Å². The fourth-order valence-corrected chi connectivity index (χ4v) is 1.99. The highest BCUT2D eigenvalue weighted by Gasteiger charge is 2.14. The molecule has 0 aliphatic carbocycles. The predicted octanol–water partition coefficient (Wildman–Crippen LogP) is 2.88. The van der Waals surface area contributed by atoms with Gasteiger partial charge in [0.2, 0.25) is 0 Å². The number of carboxylic acids is 1. The van der Waals surface area contributed by atoms with Gasteiger partial charge in [-0.2, -0.15) is 0 Å². The van der Waals surface area contributed by atoms with E-state index in [0.29, 0.717) is 22.3 Å². The molecule has 0 aliphatic heterocycles. The number of ether oxygens (including phenoxy) is 1. The van der Waals surface area contributed by atoms with Gasteiger partial charge in [-0.25, -0.2) is 4.79 Å². The van der Waals surface area contributed by atoms with Gasteiger partial charge in [-0.05, 0) is 19.1 Å². The molecule has 0 aromatic heterocycles. The molecule has 0 bridgehead atoms. The van der Waals surface area contributed by atoms with Crippen LogP contribution in [0.2, 0.25) is 10.0 Å². The average Bonchev–Trinajstić information content (AvgIpc) is 2.42. The third kappa shape index (κ3) is 6.41. The predicted molar refractivity (Wildman–Crippen MR) is 84.8 cm³/mol. The molecular formula is C14H18Cl2N2O4. The van der Waals surface area contributed by atoms with E-state index in [4.69, 9.17) is 33.0 Å². The molecule has 0 heterocycles. The van der Waals surface area contributed by atoms with Gasteiger partial charge < -0.3 is 20.1 Å². The third-order valence-corrected chi connectivity index (χ3v) is 3.46. The molecule has 0 spiro atoms. The minimum absolute atomic E-state index is 0.0839. The minimum atomic E-state index is -0.959. The Morgan fingerprint density at radius 1 is 1.36 bits per heavy atom. The Kier molecular flexibility index (Phi) is 7.27. The Morgan fingerprint density at radius 3 is 2.64 bits per heavy atom. The summed E-state index contributed by atoms with van der Waals surface area (Å²) in [5.74, 6) is -0.402. The van der Waals surface area contributed by atoms with Crippen LogP contribution in [0.1, 0.15) is 13.3 Å². The standard InChI is InChI=1S/C14H18Cl2N2O4/c1-9(22-10-3-4-11(15)12(16)7-10)8-18(2)14(21)17-6-5-13(19)20/h3-4,7,9H,5-6,8H2,1-2H3,(H,17,21)(H,19,20). The number of hydrogen-bond acceptors (Lipinski definition) is 3. The zero-order chi connectivity index (χ0) is 16.7. The largest absolute Gasteiger partial charge is 0.489 e. The quantitative estimate of drug-likeness (QED) is 0.793. The molecule has 0 fully saturated rings.